The lowest BCUT2D eigenvalue weighted by molar-refractivity contribution is -0.206. The minimum Gasteiger partial charge on any atom is -0.343 e. The number of aromatic amines is 1. The Morgan fingerprint density at radius 2 is 1.66 bits per heavy atom. The van der Waals surface area contributed by atoms with Gasteiger partial charge in [-0.2, -0.15) is 0 Å². The molecule has 1 aromatic heterocycles. The fourth-order valence-electron chi connectivity index (χ4n) is 12.6. The zero-order chi connectivity index (χ0) is 33.8. The van der Waals surface area contributed by atoms with E-state index in [9.17, 15) is 9.59 Å². The van der Waals surface area contributed by atoms with Gasteiger partial charge in [0.05, 0.1) is 22.8 Å². The number of H-pyrrole nitrogens is 1. The number of hydrogen-bond donors (Lipinski definition) is 2. The number of imidazole rings is 1. The summed E-state index contributed by atoms with van der Waals surface area (Å²) in [6.07, 6.45) is 13.8. The Kier molecular flexibility index (Phi) is 7.44. The molecule has 2 N–H and O–H groups in total. The third kappa shape index (κ3) is 4.56. The number of nitrogens with one attached hydrogen (secondary N) is 2. The van der Waals surface area contributed by atoms with Gasteiger partial charge in [-0.3, -0.25) is 9.59 Å². The van der Waals surface area contributed by atoms with Crippen LogP contribution < -0.4 is 5.32 Å². The predicted molar refractivity (Wildman–Crippen MR) is 189 cm³/mol. The highest BCUT2D eigenvalue weighted by atomic mass is 16.2. The molecule has 0 saturated heterocycles. The van der Waals surface area contributed by atoms with Crippen molar-refractivity contribution in [2.75, 3.05) is 0 Å². The number of ketones is 1. The van der Waals surface area contributed by atoms with Gasteiger partial charge in [0, 0.05) is 6.42 Å². The van der Waals surface area contributed by atoms with Gasteiger partial charge in [-0.25, -0.2) is 4.98 Å². The van der Waals surface area contributed by atoms with E-state index in [-0.39, 0.29) is 39.8 Å². The highest BCUT2D eigenvalue weighted by molar-refractivity contribution is 6.07. The summed E-state index contributed by atoms with van der Waals surface area (Å²) in [6.45, 7) is 21.2. The molecule has 47 heavy (non-hydrogen) atoms. The van der Waals surface area contributed by atoms with E-state index < -0.39 is 11.0 Å². The number of Topliss-reactive ketones (excluding diaryl/α,β-unsaturated/α-hetero) is 1. The summed E-state index contributed by atoms with van der Waals surface area (Å²) < 4.78 is 0. The van der Waals surface area contributed by atoms with Crippen LogP contribution in [-0.2, 0) is 15.1 Å². The van der Waals surface area contributed by atoms with E-state index in [2.05, 4.69) is 77.3 Å². The van der Waals surface area contributed by atoms with Crippen LogP contribution in [0, 0.1) is 57.2 Å². The molecule has 0 spiro atoms. The number of allylic oxidation sites excluding steroid dienone is 1. The van der Waals surface area contributed by atoms with Gasteiger partial charge in [0.1, 0.15) is 5.82 Å². The first-order chi connectivity index (χ1) is 22.0. The van der Waals surface area contributed by atoms with E-state index in [1.807, 2.05) is 38.2 Å². The lowest BCUT2D eigenvalue weighted by Gasteiger charge is -2.71. The molecule has 0 unspecified atom stereocenters. The van der Waals surface area contributed by atoms with Crippen molar-refractivity contribution in [3.05, 3.63) is 59.9 Å². The first-order valence-electron chi connectivity index (χ1n) is 18.6. The number of carbonyl (C=O) groups is 2. The Balaban J connectivity index is 1.24. The third-order valence-corrected chi connectivity index (χ3v) is 15.1. The standard InChI is InChI=1S/C42H58N3O2/c1-26(2)33-30(46)24-42(36(47)45-38(5,6)35-43-25-29(44-35)27-14-11-10-12-15-27)23-22-40(8)28(34(33)42)16-17-32-39(7)20-13-19-37(3,4)31(39)18-21-41(32,40)9/h10-12,14-15,19,25-26,28,31-32H,13,16-18,20-24H2,1-9H3,(H,43,44)(H,45,47)/t28-,31-,32-,39-,40-,41-,42-/m1/s1. The zero-order valence-corrected chi connectivity index (χ0v) is 30.5. The Morgan fingerprint density at radius 3 is 2.36 bits per heavy atom. The number of carbonyl (C=O) groups excluding carboxylic acids is 2. The minimum atomic E-state index is -0.779. The Bertz CT molecular complexity index is 1610. The molecule has 2 aromatic rings. The van der Waals surface area contributed by atoms with Gasteiger partial charge in [0.2, 0.25) is 5.91 Å². The number of rotatable bonds is 5. The van der Waals surface area contributed by atoms with Gasteiger partial charge in [0.25, 0.3) is 0 Å². The van der Waals surface area contributed by atoms with Gasteiger partial charge >= 0.3 is 0 Å². The normalized spacial score (nSPS) is 38.0. The summed E-state index contributed by atoms with van der Waals surface area (Å²) in [5.41, 5.74) is 3.52. The van der Waals surface area contributed by atoms with Crippen molar-refractivity contribution < 1.29 is 9.59 Å². The summed E-state index contributed by atoms with van der Waals surface area (Å²) in [5, 5.41) is 3.45. The number of amides is 1. The monoisotopic (exact) mass is 636 g/mol. The van der Waals surface area contributed by atoms with Crippen LogP contribution in [0.25, 0.3) is 11.3 Å². The Morgan fingerprint density at radius 1 is 0.936 bits per heavy atom. The molecule has 5 heteroatoms. The highest BCUT2D eigenvalue weighted by Gasteiger charge is 2.70. The van der Waals surface area contributed by atoms with Crippen molar-refractivity contribution >= 4 is 11.7 Å². The van der Waals surface area contributed by atoms with Crippen LogP contribution in [0.15, 0.2) is 47.7 Å². The van der Waals surface area contributed by atoms with Gasteiger partial charge in [-0.1, -0.05) is 78.8 Å². The lowest BCUT2D eigenvalue weighted by Crippen LogP contribution is -2.65. The molecule has 7 rings (SSSR count). The van der Waals surface area contributed by atoms with Gasteiger partial charge in [-0.15, -0.1) is 0 Å². The third-order valence-electron chi connectivity index (χ3n) is 15.1. The van der Waals surface area contributed by atoms with Gasteiger partial charge in [-0.05, 0) is 134 Å². The quantitative estimate of drug-likeness (QED) is 0.343. The fraction of sp³-hybridized carbons (Fsp3) is 0.667. The molecule has 4 saturated carbocycles. The number of benzene rings is 1. The van der Waals surface area contributed by atoms with E-state index in [0.29, 0.717) is 17.8 Å². The zero-order valence-electron chi connectivity index (χ0n) is 30.5. The van der Waals surface area contributed by atoms with Crippen LogP contribution in [0.1, 0.15) is 126 Å². The fourth-order valence-corrected chi connectivity index (χ4v) is 12.6. The molecule has 5 nitrogen and oxygen atoms in total. The van der Waals surface area contributed by atoms with Crippen molar-refractivity contribution in [2.24, 2.45) is 50.7 Å². The number of aromatic nitrogens is 2. The van der Waals surface area contributed by atoms with Crippen molar-refractivity contribution in [3.8, 4) is 11.3 Å². The largest absolute Gasteiger partial charge is 0.343 e. The molecule has 0 aliphatic heterocycles. The molecule has 5 aliphatic rings. The minimum absolute atomic E-state index is 0.00808. The molecule has 5 aliphatic carbocycles. The molecular formula is C42H58N3O2. The Labute approximate surface area is 283 Å². The van der Waals surface area contributed by atoms with Gasteiger partial charge < -0.3 is 10.3 Å². The van der Waals surface area contributed by atoms with E-state index >= 15 is 0 Å². The van der Waals surface area contributed by atoms with Crippen LogP contribution in [0.4, 0.5) is 0 Å². The number of nitrogens with zero attached hydrogens (tertiary/aromatic N) is 1. The number of fused-ring (bicyclic) bond motifs is 7. The second-order valence-electron chi connectivity index (χ2n) is 18.4. The highest BCUT2D eigenvalue weighted by Crippen LogP contribution is 2.76. The summed E-state index contributed by atoms with van der Waals surface area (Å²) >= 11 is 0. The Hall–Kier alpha value is -2.69. The van der Waals surface area contributed by atoms with Crippen molar-refractivity contribution in [3.63, 3.8) is 0 Å². The van der Waals surface area contributed by atoms with Crippen LogP contribution in [0.3, 0.4) is 0 Å². The van der Waals surface area contributed by atoms with Crippen LogP contribution in [-0.4, -0.2) is 21.7 Å². The smallest absolute Gasteiger partial charge is 0.231 e. The SMILES string of the molecule is CC(C)C1=C2[C@H]3CC[C@@H]4[C@]5(C)CC[CH]C(C)(C)[C@H]5CC[C@@]4(C)[C@]3(C)CC[C@@]2(C(=O)NC(C)(C)c2ncc(-c3ccccc3)[nH]2)CC1=O. The topological polar surface area (TPSA) is 74.8 Å². The molecule has 253 valence electrons. The van der Waals surface area contributed by atoms with E-state index in [4.69, 9.17) is 4.98 Å². The number of hydrogen-bond acceptors (Lipinski definition) is 3. The van der Waals surface area contributed by atoms with Crippen molar-refractivity contribution in [1.29, 1.82) is 0 Å². The summed E-state index contributed by atoms with van der Waals surface area (Å²) in [5.74, 6) is 2.69. The van der Waals surface area contributed by atoms with E-state index in [1.54, 1.807) is 0 Å². The van der Waals surface area contributed by atoms with Crippen molar-refractivity contribution in [2.45, 2.75) is 126 Å². The molecule has 4 fully saturated rings. The van der Waals surface area contributed by atoms with Crippen LogP contribution in [0.2, 0.25) is 0 Å². The van der Waals surface area contributed by atoms with E-state index in [0.717, 1.165) is 47.8 Å². The summed E-state index contributed by atoms with van der Waals surface area (Å²) in [6, 6.07) is 10.2. The summed E-state index contributed by atoms with van der Waals surface area (Å²) in [7, 11) is 0. The van der Waals surface area contributed by atoms with Crippen LogP contribution in [0.5, 0.6) is 0 Å². The average molecular weight is 637 g/mol. The molecule has 1 amide bonds. The molecular weight excluding hydrogens is 578 g/mol. The predicted octanol–water partition coefficient (Wildman–Crippen LogP) is 9.61. The lowest BCUT2D eigenvalue weighted by atomic mass is 9.33. The first kappa shape index (κ1) is 32.8. The van der Waals surface area contributed by atoms with Crippen LogP contribution >= 0.6 is 0 Å². The maximum Gasteiger partial charge on any atom is 0.231 e. The molecule has 1 aromatic carbocycles. The average Bonchev–Trinajstić information content (AvgIpc) is 3.61. The first-order valence-corrected chi connectivity index (χ1v) is 18.6. The second-order valence-corrected chi connectivity index (χ2v) is 18.4. The molecule has 1 heterocycles. The maximum atomic E-state index is 14.9. The van der Waals surface area contributed by atoms with E-state index in [1.165, 1.54) is 37.7 Å². The summed E-state index contributed by atoms with van der Waals surface area (Å²) in [4.78, 5) is 37.2. The van der Waals surface area contributed by atoms with Gasteiger partial charge in [0.15, 0.2) is 5.78 Å². The molecule has 0 bridgehead atoms. The maximum absolute atomic E-state index is 14.9. The molecule has 7 atom stereocenters. The second kappa shape index (κ2) is 10.7. The molecule has 1 radical (unpaired) electrons. The van der Waals surface area contributed by atoms with Crippen molar-refractivity contribution in [1.82, 2.24) is 15.3 Å².